The maximum absolute atomic E-state index is 13.8. The predicted molar refractivity (Wildman–Crippen MR) is 78.7 cm³/mol. The molecule has 0 aliphatic rings. The van der Waals surface area contributed by atoms with Crippen LogP contribution in [0.2, 0.25) is 5.02 Å². The lowest BCUT2D eigenvalue weighted by atomic mass is 10.1. The Labute approximate surface area is 117 Å². The van der Waals surface area contributed by atoms with Crippen LogP contribution in [0.5, 0.6) is 0 Å². The van der Waals surface area contributed by atoms with Crippen LogP contribution >= 0.6 is 11.6 Å². The molecule has 0 aliphatic heterocycles. The van der Waals surface area contributed by atoms with Gasteiger partial charge in [-0.25, -0.2) is 4.39 Å². The zero-order chi connectivity index (χ0) is 13.8. The van der Waals surface area contributed by atoms with Gasteiger partial charge in [0.2, 0.25) is 0 Å². The first-order valence-electron chi connectivity index (χ1n) is 6.10. The summed E-state index contributed by atoms with van der Waals surface area (Å²) in [6, 6.07) is 12.3. The van der Waals surface area contributed by atoms with Gasteiger partial charge in [-0.15, -0.1) is 0 Å². The Kier molecular flexibility index (Phi) is 4.40. The molecule has 2 aromatic rings. The molecule has 0 fully saturated rings. The molecule has 100 valence electrons. The Morgan fingerprint density at radius 3 is 2.53 bits per heavy atom. The van der Waals surface area contributed by atoms with Gasteiger partial charge in [-0.1, -0.05) is 29.8 Å². The van der Waals surface area contributed by atoms with Crippen LogP contribution in [0, 0.1) is 5.82 Å². The maximum atomic E-state index is 13.8. The highest BCUT2D eigenvalue weighted by Gasteiger charge is 2.12. The van der Waals surface area contributed by atoms with Gasteiger partial charge in [-0.05, 0) is 42.8 Å². The summed E-state index contributed by atoms with van der Waals surface area (Å²) in [6.07, 6.45) is 0.781. The fraction of sp³-hybridized carbons (Fsp3) is 0.200. The molecule has 0 atom stereocenters. The van der Waals surface area contributed by atoms with Crippen molar-refractivity contribution in [2.45, 2.75) is 6.42 Å². The number of nitrogens with two attached hydrogens (primary N) is 1. The second-order valence-corrected chi connectivity index (χ2v) is 4.74. The Morgan fingerprint density at radius 2 is 1.89 bits per heavy atom. The summed E-state index contributed by atoms with van der Waals surface area (Å²) in [5.41, 5.74) is 7.87. The van der Waals surface area contributed by atoms with Crippen LogP contribution in [0.15, 0.2) is 42.5 Å². The number of rotatable bonds is 4. The molecule has 2 N–H and O–H groups in total. The van der Waals surface area contributed by atoms with E-state index in [1.54, 1.807) is 30.1 Å². The minimum Gasteiger partial charge on any atom is -0.341 e. The number of hydrogen-bond acceptors (Lipinski definition) is 2. The summed E-state index contributed by atoms with van der Waals surface area (Å²) in [5, 5.41) is 0.594. The molecule has 0 spiro atoms. The van der Waals surface area contributed by atoms with E-state index in [0.717, 1.165) is 17.7 Å². The lowest BCUT2D eigenvalue weighted by Gasteiger charge is -2.21. The minimum atomic E-state index is -0.271. The molecule has 4 heteroatoms. The Morgan fingerprint density at radius 1 is 1.16 bits per heavy atom. The Balaban J connectivity index is 2.34. The van der Waals surface area contributed by atoms with E-state index in [9.17, 15) is 4.39 Å². The highest BCUT2D eigenvalue weighted by molar-refractivity contribution is 6.33. The number of halogens is 2. The molecule has 2 aromatic carbocycles. The molecule has 0 amide bonds. The standard InChI is InChI=1S/C15H16ClFN2/c1-19(15-5-3-2-4-13(15)17)14-7-6-11(8-9-18)10-12(14)16/h2-7,10H,8-9,18H2,1H3. The third kappa shape index (κ3) is 3.06. The normalized spacial score (nSPS) is 10.5. The smallest absolute Gasteiger partial charge is 0.146 e. The van der Waals surface area contributed by atoms with Crippen molar-refractivity contribution in [1.82, 2.24) is 0 Å². The Bertz CT molecular complexity index is 572. The van der Waals surface area contributed by atoms with E-state index in [0.29, 0.717) is 17.3 Å². The van der Waals surface area contributed by atoms with Crippen LogP contribution < -0.4 is 10.6 Å². The second-order valence-electron chi connectivity index (χ2n) is 4.33. The summed E-state index contributed by atoms with van der Waals surface area (Å²) < 4.78 is 13.8. The van der Waals surface area contributed by atoms with Crippen molar-refractivity contribution in [1.29, 1.82) is 0 Å². The van der Waals surface area contributed by atoms with Crippen LogP contribution in [-0.4, -0.2) is 13.6 Å². The topological polar surface area (TPSA) is 29.3 Å². The summed E-state index contributed by atoms with van der Waals surface area (Å²) in [7, 11) is 1.79. The molecule has 0 saturated carbocycles. The average Bonchev–Trinajstić information content (AvgIpc) is 2.39. The molecular formula is C15H16ClFN2. The predicted octanol–water partition coefficient (Wildman–Crippen LogP) is 3.75. The fourth-order valence-electron chi connectivity index (χ4n) is 2.00. The molecule has 0 aromatic heterocycles. The van der Waals surface area contributed by atoms with Gasteiger partial charge >= 0.3 is 0 Å². The number of benzene rings is 2. The van der Waals surface area contributed by atoms with Crippen molar-refractivity contribution in [3.05, 3.63) is 58.9 Å². The van der Waals surface area contributed by atoms with Gasteiger partial charge in [0.05, 0.1) is 16.4 Å². The molecular weight excluding hydrogens is 263 g/mol. The summed E-state index contributed by atoms with van der Waals surface area (Å²) in [5.74, 6) is -0.271. The second kappa shape index (κ2) is 6.04. The van der Waals surface area contributed by atoms with Crippen molar-refractivity contribution in [3.63, 3.8) is 0 Å². The number of para-hydroxylation sites is 1. The fourth-order valence-corrected chi connectivity index (χ4v) is 2.33. The van der Waals surface area contributed by atoms with Gasteiger partial charge in [0, 0.05) is 7.05 Å². The van der Waals surface area contributed by atoms with E-state index in [2.05, 4.69) is 0 Å². The van der Waals surface area contributed by atoms with Crippen molar-refractivity contribution < 1.29 is 4.39 Å². The largest absolute Gasteiger partial charge is 0.341 e. The van der Waals surface area contributed by atoms with Crippen LogP contribution in [0.1, 0.15) is 5.56 Å². The van der Waals surface area contributed by atoms with Gasteiger partial charge < -0.3 is 10.6 Å². The molecule has 0 radical (unpaired) electrons. The third-order valence-corrected chi connectivity index (χ3v) is 3.32. The van der Waals surface area contributed by atoms with Crippen LogP contribution in [0.3, 0.4) is 0 Å². The third-order valence-electron chi connectivity index (χ3n) is 3.02. The molecule has 0 aliphatic carbocycles. The molecule has 0 bridgehead atoms. The SMILES string of the molecule is CN(c1ccccc1F)c1ccc(CCN)cc1Cl. The van der Waals surface area contributed by atoms with Crippen LogP contribution in [-0.2, 0) is 6.42 Å². The molecule has 0 saturated heterocycles. The number of anilines is 2. The van der Waals surface area contributed by atoms with Crippen LogP contribution in [0.4, 0.5) is 15.8 Å². The van der Waals surface area contributed by atoms with E-state index in [-0.39, 0.29) is 5.82 Å². The minimum absolute atomic E-state index is 0.271. The van der Waals surface area contributed by atoms with E-state index in [4.69, 9.17) is 17.3 Å². The monoisotopic (exact) mass is 278 g/mol. The van der Waals surface area contributed by atoms with E-state index < -0.39 is 0 Å². The summed E-state index contributed by atoms with van der Waals surface area (Å²) in [4.78, 5) is 1.74. The molecule has 19 heavy (non-hydrogen) atoms. The van der Waals surface area contributed by atoms with Crippen LogP contribution in [0.25, 0.3) is 0 Å². The average molecular weight is 279 g/mol. The maximum Gasteiger partial charge on any atom is 0.146 e. The highest BCUT2D eigenvalue weighted by atomic mass is 35.5. The molecule has 0 unspecified atom stereocenters. The zero-order valence-corrected chi connectivity index (χ0v) is 11.5. The molecule has 2 nitrogen and oxygen atoms in total. The first-order valence-corrected chi connectivity index (χ1v) is 6.48. The molecule has 0 heterocycles. The number of hydrogen-bond donors (Lipinski definition) is 1. The first kappa shape index (κ1) is 13.8. The Hall–Kier alpha value is -1.58. The molecule has 2 rings (SSSR count). The lowest BCUT2D eigenvalue weighted by Crippen LogP contribution is -2.12. The van der Waals surface area contributed by atoms with Gasteiger partial charge in [0.25, 0.3) is 0 Å². The van der Waals surface area contributed by atoms with E-state index in [1.807, 2.05) is 18.2 Å². The van der Waals surface area contributed by atoms with Gasteiger partial charge in [-0.2, -0.15) is 0 Å². The summed E-state index contributed by atoms with van der Waals surface area (Å²) >= 11 is 6.26. The van der Waals surface area contributed by atoms with Gasteiger partial charge in [0.1, 0.15) is 5.82 Å². The number of nitrogens with zero attached hydrogens (tertiary/aromatic N) is 1. The van der Waals surface area contributed by atoms with Gasteiger partial charge in [-0.3, -0.25) is 0 Å². The van der Waals surface area contributed by atoms with E-state index in [1.165, 1.54) is 6.07 Å². The van der Waals surface area contributed by atoms with Crippen molar-refractivity contribution in [2.75, 3.05) is 18.5 Å². The van der Waals surface area contributed by atoms with Gasteiger partial charge in [0.15, 0.2) is 0 Å². The van der Waals surface area contributed by atoms with Crippen molar-refractivity contribution in [3.8, 4) is 0 Å². The zero-order valence-electron chi connectivity index (χ0n) is 10.7. The van der Waals surface area contributed by atoms with Crippen molar-refractivity contribution in [2.24, 2.45) is 5.73 Å². The highest BCUT2D eigenvalue weighted by Crippen LogP contribution is 2.32. The summed E-state index contributed by atoms with van der Waals surface area (Å²) in [6.45, 7) is 0.582. The van der Waals surface area contributed by atoms with Crippen molar-refractivity contribution >= 4 is 23.0 Å². The van der Waals surface area contributed by atoms with E-state index >= 15 is 0 Å². The lowest BCUT2D eigenvalue weighted by molar-refractivity contribution is 0.627. The first-order chi connectivity index (χ1) is 9.13. The quantitative estimate of drug-likeness (QED) is 0.923.